The third-order valence-corrected chi connectivity index (χ3v) is 6.96. The third kappa shape index (κ3) is 4.83. The minimum atomic E-state index is -2.37. The molecule has 4 aromatic rings. The van der Waals surface area contributed by atoms with E-state index in [4.69, 9.17) is 9.47 Å². The van der Waals surface area contributed by atoms with Crippen molar-refractivity contribution in [2.45, 2.75) is 0 Å². The van der Waals surface area contributed by atoms with Crippen LogP contribution in [0.3, 0.4) is 0 Å². The Bertz CT molecular complexity index is 1300. The van der Waals surface area contributed by atoms with E-state index in [1.54, 1.807) is 12.1 Å². The maximum Gasteiger partial charge on any atom is 0.337 e. The monoisotopic (exact) mass is 479 g/mol. The van der Waals surface area contributed by atoms with Crippen LogP contribution in [0.5, 0.6) is 5.75 Å². The van der Waals surface area contributed by atoms with Crippen molar-refractivity contribution in [3.63, 3.8) is 0 Å². The predicted molar refractivity (Wildman–Crippen MR) is 132 cm³/mol. The fourth-order valence-corrected chi connectivity index (χ4v) is 5.21. The summed E-state index contributed by atoms with van der Waals surface area (Å²) in [6.45, 7) is 0. The number of thiophene rings is 1. The van der Waals surface area contributed by atoms with E-state index in [0.29, 0.717) is 10.7 Å². The molecule has 4 rings (SSSR count). The Hall–Kier alpha value is -3.46. The third-order valence-electron chi connectivity index (χ3n) is 5.02. The van der Waals surface area contributed by atoms with Crippen molar-refractivity contribution in [1.82, 2.24) is 0 Å². The summed E-state index contributed by atoms with van der Waals surface area (Å²) in [6.07, 6.45) is 0. The van der Waals surface area contributed by atoms with Gasteiger partial charge in [-0.05, 0) is 53.1 Å². The van der Waals surface area contributed by atoms with Gasteiger partial charge in [-0.15, -0.1) is 11.3 Å². The van der Waals surface area contributed by atoms with Gasteiger partial charge in [0.15, 0.2) is 0 Å². The standard InChI is InChI=1S/C25H21NO5S2/c1-30-22-16-20(25(27)31-2)11-12-21(22)26(33(28)29)24-14-13-23(32-24)19-10-6-9-18(15-19)17-7-4-3-5-8-17/h3-16H,1-2H3,(H,28,29). The fraction of sp³-hybridized carbons (Fsp3) is 0.0800. The summed E-state index contributed by atoms with van der Waals surface area (Å²) in [5.74, 6) is -0.241. The Morgan fingerprint density at radius 2 is 1.61 bits per heavy atom. The lowest BCUT2D eigenvalue weighted by molar-refractivity contribution is 0.0600. The number of hydrogen-bond donors (Lipinski definition) is 1. The Morgan fingerprint density at radius 3 is 2.30 bits per heavy atom. The maximum absolute atomic E-state index is 12.3. The number of benzene rings is 3. The molecule has 0 saturated heterocycles. The van der Waals surface area contributed by atoms with E-state index in [0.717, 1.165) is 21.6 Å². The van der Waals surface area contributed by atoms with Crippen LogP contribution in [0, 0.1) is 0 Å². The molecule has 33 heavy (non-hydrogen) atoms. The van der Waals surface area contributed by atoms with Crippen molar-refractivity contribution in [3.05, 3.63) is 90.5 Å². The summed E-state index contributed by atoms with van der Waals surface area (Å²) in [5.41, 5.74) is 3.85. The number of esters is 1. The van der Waals surface area contributed by atoms with Crippen LogP contribution < -0.4 is 9.04 Å². The number of hydrogen-bond acceptors (Lipinski definition) is 5. The number of ether oxygens (including phenoxy) is 2. The van der Waals surface area contributed by atoms with Crippen molar-refractivity contribution in [3.8, 4) is 27.3 Å². The number of anilines is 2. The number of carbonyl (C=O) groups is 1. The Morgan fingerprint density at radius 1 is 0.879 bits per heavy atom. The molecule has 0 radical (unpaired) electrons. The number of nitrogens with zero attached hydrogens (tertiary/aromatic N) is 1. The molecule has 8 heteroatoms. The smallest absolute Gasteiger partial charge is 0.337 e. The highest BCUT2D eigenvalue weighted by molar-refractivity contribution is 7.81. The van der Waals surface area contributed by atoms with Gasteiger partial charge in [0, 0.05) is 4.88 Å². The van der Waals surface area contributed by atoms with Crippen LogP contribution in [0.1, 0.15) is 10.4 Å². The van der Waals surface area contributed by atoms with Crippen molar-refractivity contribution in [1.29, 1.82) is 0 Å². The molecule has 3 aromatic carbocycles. The Kier molecular flexibility index (Phi) is 6.88. The number of rotatable bonds is 7. The molecule has 0 saturated carbocycles. The van der Waals surface area contributed by atoms with E-state index in [2.05, 4.69) is 24.3 Å². The molecule has 0 aliphatic rings. The van der Waals surface area contributed by atoms with Gasteiger partial charge in [-0.1, -0.05) is 48.5 Å². The number of carbonyl (C=O) groups excluding carboxylic acids is 1. The largest absolute Gasteiger partial charge is 0.495 e. The molecule has 1 heterocycles. The molecule has 0 bridgehead atoms. The first-order valence-electron chi connectivity index (χ1n) is 9.95. The molecular formula is C25H21NO5S2. The molecule has 1 aromatic heterocycles. The molecule has 0 spiro atoms. The van der Waals surface area contributed by atoms with Gasteiger partial charge < -0.3 is 9.47 Å². The summed E-state index contributed by atoms with van der Waals surface area (Å²) in [6, 6.07) is 26.5. The van der Waals surface area contributed by atoms with Crippen molar-refractivity contribution in [2.24, 2.45) is 0 Å². The number of methoxy groups -OCH3 is 2. The summed E-state index contributed by atoms with van der Waals surface area (Å²) in [5, 5.41) is 0.556. The van der Waals surface area contributed by atoms with Gasteiger partial charge in [-0.3, -0.25) is 4.55 Å². The van der Waals surface area contributed by atoms with Gasteiger partial charge in [0.05, 0.1) is 25.5 Å². The van der Waals surface area contributed by atoms with Crippen LogP contribution in [0.2, 0.25) is 0 Å². The second kappa shape index (κ2) is 9.99. The molecule has 0 aliphatic carbocycles. The van der Waals surface area contributed by atoms with Crippen molar-refractivity contribution < 1.29 is 23.0 Å². The molecule has 168 valence electrons. The molecule has 0 fully saturated rings. The molecular weight excluding hydrogens is 458 g/mol. The lowest BCUT2D eigenvalue weighted by Gasteiger charge is -2.21. The van der Waals surface area contributed by atoms with E-state index in [1.165, 1.54) is 42.0 Å². The van der Waals surface area contributed by atoms with Gasteiger partial charge in [-0.25, -0.2) is 13.3 Å². The zero-order chi connectivity index (χ0) is 23.4. The molecule has 1 unspecified atom stereocenters. The molecule has 0 aliphatic heterocycles. The van der Waals surface area contributed by atoms with Crippen LogP contribution in [0.15, 0.2) is 84.9 Å². The van der Waals surface area contributed by atoms with Gasteiger partial charge in [-0.2, -0.15) is 0 Å². The van der Waals surface area contributed by atoms with E-state index in [-0.39, 0.29) is 11.3 Å². The zero-order valence-electron chi connectivity index (χ0n) is 17.9. The lowest BCUT2D eigenvalue weighted by Crippen LogP contribution is -2.19. The summed E-state index contributed by atoms with van der Waals surface area (Å²) in [7, 11) is 2.73. The highest BCUT2D eigenvalue weighted by atomic mass is 32.2. The minimum absolute atomic E-state index is 0.279. The maximum atomic E-state index is 12.3. The van der Waals surface area contributed by atoms with E-state index >= 15 is 0 Å². The highest BCUT2D eigenvalue weighted by Gasteiger charge is 2.23. The zero-order valence-corrected chi connectivity index (χ0v) is 19.6. The van der Waals surface area contributed by atoms with E-state index in [9.17, 15) is 13.6 Å². The average molecular weight is 480 g/mol. The Labute approximate surface area is 198 Å². The first-order valence-corrected chi connectivity index (χ1v) is 11.8. The average Bonchev–Trinajstić information content (AvgIpc) is 3.34. The first kappa shape index (κ1) is 22.7. The summed E-state index contributed by atoms with van der Waals surface area (Å²) >= 11 is -0.985. The van der Waals surface area contributed by atoms with Crippen molar-refractivity contribution >= 4 is 39.3 Å². The van der Waals surface area contributed by atoms with Gasteiger partial charge in [0.2, 0.25) is 0 Å². The van der Waals surface area contributed by atoms with Crippen LogP contribution >= 0.6 is 11.3 Å². The molecule has 6 nitrogen and oxygen atoms in total. The normalized spacial score (nSPS) is 11.6. The fourth-order valence-electron chi connectivity index (χ4n) is 3.44. The van der Waals surface area contributed by atoms with Gasteiger partial charge in [0.25, 0.3) is 11.3 Å². The Balaban J connectivity index is 1.71. The summed E-state index contributed by atoms with van der Waals surface area (Å²) in [4.78, 5) is 12.8. The van der Waals surface area contributed by atoms with Crippen LogP contribution in [0.4, 0.5) is 10.7 Å². The first-order chi connectivity index (χ1) is 16.0. The van der Waals surface area contributed by atoms with E-state index in [1.807, 2.05) is 36.4 Å². The second-order valence-corrected chi connectivity index (χ2v) is 8.88. The SMILES string of the molecule is COC(=O)c1ccc(N(c2ccc(-c3cccc(-c4ccccc4)c3)s2)S(=O)O)c(OC)c1. The topological polar surface area (TPSA) is 76.1 Å². The molecule has 1 N–H and O–H groups in total. The van der Waals surface area contributed by atoms with Crippen LogP contribution in [-0.4, -0.2) is 29.0 Å². The van der Waals surface area contributed by atoms with E-state index < -0.39 is 17.2 Å². The van der Waals surface area contributed by atoms with Gasteiger partial charge in [0.1, 0.15) is 10.8 Å². The molecule has 0 amide bonds. The predicted octanol–water partition coefficient (Wildman–Crippen LogP) is 6.15. The van der Waals surface area contributed by atoms with Crippen LogP contribution in [0.25, 0.3) is 21.6 Å². The van der Waals surface area contributed by atoms with Gasteiger partial charge >= 0.3 is 5.97 Å². The highest BCUT2D eigenvalue weighted by Crippen LogP contribution is 2.42. The second-order valence-electron chi connectivity index (χ2n) is 6.99. The minimum Gasteiger partial charge on any atom is -0.495 e. The van der Waals surface area contributed by atoms with Crippen molar-refractivity contribution in [2.75, 3.05) is 18.5 Å². The molecule has 1 atom stereocenters. The van der Waals surface area contributed by atoms with Crippen LogP contribution in [-0.2, 0) is 16.0 Å². The quantitative estimate of drug-likeness (QED) is 0.254. The lowest BCUT2D eigenvalue weighted by atomic mass is 10.0. The summed E-state index contributed by atoms with van der Waals surface area (Å²) < 4.78 is 33.8.